The highest BCUT2D eigenvalue weighted by atomic mass is 19.1. The van der Waals surface area contributed by atoms with E-state index in [9.17, 15) is 4.39 Å². The second-order valence-electron chi connectivity index (χ2n) is 4.15. The van der Waals surface area contributed by atoms with Gasteiger partial charge in [-0.2, -0.15) is 0 Å². The maximum atomic E-state index is 13.2. The van der Waals surface area contributed by atoms with Crippen LogP contribution >= 0.6 is 0 Å². The minimum atomic E-state index is -0.188. The topological polar surface area (TPSA) is 37.8 Å². The van der Waals surface area contributed by atoms with Gasteiger partial charge in [0.15, 0.2) is 0 Å². The van der Waals surface area contributed by atoms with Crippen LogP contribution in [0.5, 0.6) is 0 Å². The Bertz CT molecular complexity index is 527. The first-order chi connectivity index (χ1) is 8.33. The minimum absolute atomic E-state index is 0.114. The molecule has 1 aromatic heterocycles. The van der Waals surface area contributed by atoms with Crippen LogP contribution < -0.4 is 5.32 Å². The number of fused-ring (bicyclic) bond motifs is 1. The van der Waals surface area contributed by atoms with Gasteiger partial charge in [0, 0.05) is 12.4 Å². The van der Waals surface area contributed by atoms with Crippen molar-refractivity contribution in [2.75, 3.05) is 5.32 Å². The van der Waals surface area contributed by atoms with E-state index < -0.39 is 0 Å². The predicted octanol–water partition coefficient (Wildman–Crippen LogP) is 2.72. The Morgan fingerprint density at radius 3 is 2.88 bits per heavy atom. The van der Waals surface area contributed by atoms with Crippen molar-refractivity contribution in [2.45, 2.75) is 18.9 Å². The van der Waals surface area contributed by atoms with E-state index >= 15 is 0 Å². The van der Waals surface area contributed by atoms with Crippen molar-refractivity contribution in [3.05, 3.63) is 53.6 Å². The summed E-state index contributed by atoms with van der Waals surface area (Å²) in [7, 11) is 0. The van der Waals surface area contributed by atoms with E-state index in [1.807, 2.05) is 6.07 Å². The lowest BCUT2D eigenvalue weighted by Gasteiger charge is -2.13. The summed E-state index contributed by atoms with van der Waals surface area (Å²) in [6.45, 7) is 0. The molecule has 1 unspecified atom stereocenters. The zero-order valence-corrected chi connectivity index (χ0v) is 9.23. The highest BCUT2D eigenvalue weighted by molar-refractivity contribution is 5.40. The average Bonchev–Trinajstić information content (AvgIpc) is 2.73. The monoisotopic (exact) mass is 229 g/mol. The van der Waals surface area contributed by atoms with Gasteiger partial charge >= 0.3 is 0 Å². The molecule has 3 rings (SSSR count). The van der Waals surface area contributed by atoms with Crippen molar-refractivity contribution in [1.82, 2.24) is 9.97 Å². The maximum absolute atomic E-state index is 13.2. The molecule has 1 aliphatic rings. The number of hydrogen-bond donors (Lipinski definition) is 1. The van der Waals surface area contributed by atoms with Gasteiger partial charge in [-0.15, -0.1) is 0 Å². The quantitative estimate of drug-likeness (QED) is 0.860. The lowest BCUT2D eigenvalue weighted by atomic mass is 10.1. The first-order valence-corrected chi connectivity index (χ1v) is 5.65. The number of nitrogens with zero attached hydrogens (tertiary/aromatic N) is 2. The molecule has 0 saturated carbocycles. The molecule has 1 aromatic carbocycles. The smallest absolute Gasteiger partial charge is 0.223 e. The first kappa shape index (κ1) is 10.2. The molecule has 1 N–H and O–H groups in total. The Labute approximate surface area is 98.7 Å². The number of anilines is 1. The van der Waals surface area contributed by atoms with E-state index in [2.05, 4.69) is 15.3 Å². The average molecular weight is 229 g/mol. The second kappa shape index (κ2) is 4.13. The lowest BCUT2D eigenvalue weighted by molar-refractivity contribution is 0.623. The standard InChI is InChI=1S/C13H12FN3/c14-10-4-2-9-3-5-12(11(9)8-10)17-13-15-6-1-7-16-13/h1-2,4,6-8,12H,3,5H2,(H,15,16,17). The number of benzene rings is 1. The summed E-state index contributed by atoms with van der Waals surface area (Å²) < 4.78 is 13.2. The van der Waals surface area contributed by atoms with Crippen LogP contribution in [0.3, 0.4) is 0 Å². The van der Waals surface area contributed by atoms with Crippen molar-refractivity contribution < 1.29 is 4.39 Å². The molecule has 0 bridgehead atoms. The summed E-state index contributed by atoms with van der Waals surface area (Å²) in [5, 5.41) is 3.24. The molecule has 17 heavy (non-hydrogen) atoms. The molecule has 1 heterocycles. The zero-order chi connectivity index (χ0) is 11.7. The Balaban J connectivity index is 1.86. The summed E-state index contributed by atoms with van der Waals surface area (Å²) in [5.41, 5.74) is 2.23. The first-order valence-electron chi connectivity index (χ1n) is 5.65. The molecule has 0 radical (unpaired) electrons. The van der Waals surface area contributed by atoms with Crippen molar-refractivity contribution in [2.24, 2.45) is 0 Å². The summed E-state index contributed by atoms with van der Waals surface area (Å²) in [6.07, 6.45) is 5.31. The van der Waals surface area contributed by atoms with Crippen LogP contribution in [0.1, 0.15) is 23.6 Å². The fourth-order valence-electron chi connectivity index (χ4n) is 2.25. The summed E-state index contributed by atoms with van der Waals surface area (Å²) >= 11 is 0. The molecule has 0 aliphatic heterocycles. The van der Waals surface area contributed by atoms with Crippen molar-refractivity contribution in [3.8, 4) is 0 Å². The maximum Gasteiger partial charge on any atom is 0.223 e. The van der Waals surface area contributed by atoms with Crippen molar-refractivity contribution in [3.63, 3.8) is 0 Å². The van der Waals surface area contributed by atoms with Crippen LogP contribution in [0.15, 0.2) is 36.7 Å². The number of aromatic nitrogens is 2. The van der Waals surface area contributed by atoms with E-state index in [0.29, 0.717) is 5.95 Å². The Hall–Kier alpha value is -1.97. The van der Waals surface area contributed by atoms with E-state index in [4.69, 9.17) is 0 Å². The molecule has 2 aromatic rings. The van der Waals surface area contributed by atoms with E-state index in [1.165, 1.54) is 11.6 Å². The molecule has 0 amide bonds. The van der Waals surface area contributed by atoms with Gasteiger partial charge in [-0.05, 0) is 42.2 Å². The number of rotatable bonds is 2. The van der Waals surface area contributed by atoms with E-state index in [1.54, 1.807) is 24.5 Å². The molecule has 3 nitrogen and oxygen atoms in total. The molecular formula is C13H12FN3. The molecule has 4 heteroatoms. The van der Waals surface area contributed by atoms with Crippen LogP contribution in [-0.4, -0.2) is 9.97 Å². The summed E-state index contributed by atoms with van der Waals surface area (Å²) in [5.74, 6) is 0.404. The Kier molecular flexibility index (Phi) is 2.48. The third kappa shape index (κ3) is 1.98. The summed E-state index contributed by atoms with van der Waals surface area (Å²) in [4.78, 5) is 8.24. The number of nitrogens with one attached hydrogen (secondary N) is 1. The predicted molar refractivity (Wildman–Crippen MR) is 63.1 cm³/mol. The highest BCUT2D eigenvalue weighted by Gasteiger charge is 2.23. The van der Waals surface area contributed by atoms with Gasteiger partial charge in [0.25, 0.3) is 0 Å². The van der Waals surface area contributed by atoms with Gasteiger partial charge in [0.1, 0.15) is 5.82 Å². The van der Waals surface area contributed by atoms with Gasteiger partial charge in [0.2, 0.25) is 5.95 Å². The Morgan fingerprint density at radius 1 is 1.24 bits per heavy atom. The van der Waals surface area contributed by atoms with E-state index in [0.717, 1.165) is 18.4 Å². The third-order valence-corrected chi connectivity index (χ3v) is 3.05. The number of hydrogen-bond acceptors (Lipinski definition) is 3. The highest BCUT2D eigenvalue weighted by Crippen LogP contribution is 2.33. The lowest BCUT2D eigenvalue weighted by Crippen LogP contribution is -2.09. The SMILES string of the molecule is Fc1ccc2c(c1)C(Nc1ncccn1)CC2. The van der Waals surface area contributed by atoms with Gasteiger partial charge in [0.05, 0.1) is 6.04 Å². The molecule has 86 valence electrons. The molecule has 1 aliphatic carbocycles. The molecular weight excluding hydrogens is 217 g/mol. The second-order valence-corrected chi connectivity index (χ2v) is 4.15. The van der Waals surface area contributed by atoms with Crippen LogP contribution in [-0.2, 0) is 6.42 Å². The molecule has 0 fully saturated rings. The fourth-order valence-corrected chi connectivity index (χ4v) is 2.25. The Morgan fingerprint density at radius 2 is 2.06 bits per heavy atom. The van der Waals surface area contributed by atoms with Crippen LogP contribution in [0.25, 0.3) is 0 Å². The van der Waals surface area contributed by atoms with Gasteiger partial charge < -0.3 is 5.32 Å². The van der Waals surface area contributed by atoms with Gasteiger partial charge in [-0.3, -0.25) is 0 Å². The molecule has 0 saturated heterocycles. The van der Waals surface area contributed by atoms with Crippen molar-refractivity contribution in [1.29, 1.82) is 0 Å². The van der Waals surface area contributed by atoms with Gasteiger partial charge in [-0.1, -0.05) is 6.07 Å². The molecule has 1 atom stereocenters. The summed E-state index contributed by atoms with van der Waals surface area (Å²) in [6, 6.07) is 6.86. The number of aryl methyl sites for hydroxylation is 1. The van der Waals surface area contributed by atoms with Gasteiger partial charge in [-0.25, -0.2) is 14.4 Å². The third-order valence-electron chi connectivity index (χ3n) is 3.05. The fraction of sp³-hybridized carbons (Fsp3) is 0.231. The van der Waals surface area contributed by atoms with Crippen LogP contribution in [0, 0.1) is 5.82 Å². The minimum Gasteiger partial charge on any atom is -0.347 e. The molecule has 0 spiro atoms. The van der Waals surface area contributed by atoms with Crippen LogP contribution in [0.2, 0.25) is 0 Å². The normalized spacial score (nSPS) is 17.8. The largest absolute Gasteiger partial charge is 0.347 e. The van der Waals surface area contributed by atoms with Crippen LogP contribution in [0.4, 0.5) is 10.3 Å². The van der Waals surface area contributed by atoms with Crippen molar-refractivity contribution >= 4 is 5.95 Å². The number of halogens is 1. The van der Waals surface area contributed by atoms with E-state index in [-0.39, 0.29) is 11.9 Å². The zero-order valence-electron chi connectivity index (χ0n) is 9.23.